The minimum atomic E-state index is -0.0837. The van der Waals surface area contributed by atoms with Crippen molar-refractivity contribution in [1.82, 2.24) is 15.5 Å². The molecular weight excluding hydrogens is 338 g/mol. The van der Waals surface area contributed by atoms with Crippen LogP contribution in [0.3, 0.4) is 0 Å². The number of benzene rings is 2. The van der Waals surface area contributed by atoms with Crippen LogP contribution < -0.4 is 5.32 Å². The van der Waals surface area contributed by atoms with Gasteiger partial charge < -0.3 is 9.73 Å². The Hall–Kier alpha value is -2.66. The Kier molecular flexibility index (Phi) is 5.46. The van der Waals surface area contributed by atoms with Crippen LogP contribution in [0.4, 0.5) is 0 Å². The zero-order valence-electron chi connectivity index (χ0n) is 13.8. The van der Waals surface area contributed by atoms with Crippen molar-refractivity contribution in [3.63, 3.8) is 0 Å². The number of aryl methyl sites for hydroxylation is 1. The van der Waals surface area contributed by atoms with Crippen molar-refractivity contribution in [3.05, 3.63) is 82.5 Å². The Balaban J connectivity index is 1.73. The van der Waals surface area contributed by atoms with E-state index >= 15 is 0 Å². The lowest BCUT2D eigenvalue weighted by atomic mass is 9.88. The number of rotatable bonds is 6. The molecule has 0 unspecified atom stereocenters. The second-order valence-electron chi connectivity index (χ2n) is 5.71. The largest absolute Gasteiger partial charge is 0.424 e. The van der Waals surface area contributed by atoms with E-state index in [1.54, 1.807) is 6.92 Å². The van der Waals surface area contributed by atoms with E-state index in [0.29, 0.717) is 23.2 Å². The van der Waals surface area contributed by atoms with Gasteiger partial charge in [0.15, 0.2) is 0 Å². The normalized spacial score (nSPS) is 11.9. The average molecular weight is 356 g/mol. The van der Waals surface area contributed by atoms with Crippen LogP contribution in [0, 0.1) is 6.92 Å². The molecule has 128 valence electrons. The summed E-state index contributed by atoms with van der Waals surface area (Å²) in [5.74, 6) is 0.740. The highest BCUT2D eigenvalue weighted by Crippen LogP contribution is 2.28. The zero-order chi connectivity index (χ0) is 17.6. The van der Waals surface area contributed by atoms with Crippen LogP contribution in [0.5, 0.6) is 0 Å². The fourth-order valence-corrected chi connectivity index (χ4v) is 2.78. The van der Waals surface area contributed by atoms with Crippen LogP contribution >= 0.6 is 11.6 Å². The predicted octanol–water partition coefficient (Wildman–Crippen LogP) is 3.87. The summed E-state index contributed by atoms with van der Waals surface area (Å²) in [7, 11) is 0. The van der Waals surface area contributed by atoms with Crippen LogP contribution in [-0.4, -0.2) is 16.1 Å². The molecule has 0 bridgehead atoms. The smallest absolute Gasteiger partial charge is 0.235 e. The van der Waals surface area contributed by atoms with Gasteiger partial charge in [0.25, 0.3) is 0 Å². The first kappa shape index (κ1) is 17.2. The molecule has 6 heteroatoms. The molecule has 1 amide bonds. The molecule has 1 heterocycles. The van der Waals surface area contributed by atoms with Crippen LogP contribution in [-0.2, 0) is 11.3 Å². The van der Waals surface area contributed by atoms with E-state index < -0.39 is 0 Å². The summed E-state index contributed by atoms with van der Waals surface area (Å²) in [4.78, 5) is 12.4. The highest BCUT2D eigenvalue weighted by Gasteiger charge is 2.18. The second kappa shape index (κ2) is 7.94. The van der Waals surface area contributed by atoms with Crippen molar-refractivity contribution < 1.29 is 9.21 Å². The van der Waals surface area contributed by atoms with E-state index in [1.165, 1.54) is 0 Å². The van der Waals surface area contributed by atoms with E-state index in [4.69, 9.17) is 16.0 Å². The molecule has 0 radical (unpaired) electrons. The van der Waals surface area contributed by atoms with Gasteiger partial charge in [-0.3, -0.25) is 4.79 Å². The molecule has 0 spiro atoms. The molecule has 5 nitrogen and oxygen atoms in total. The third-order valence-electron chi connectivity index (χ3n) is 3.87. The maximum absolute atomic E-state index is 12.4. The molecule has 1 atom stereocenters. The van der Waals surface area contributed by atoms with Crippen LogP contribution in [0.1, 0.15) is 35.2 Å². The molecule has 3 aromatic rings. The predicted molar refractivity (Wildman–Crippen MR) is 95.2 cm³/mol. The van der Waals surface area contributed by atoms with E-state index in [-0.39, 0.29) is 18.4 Å². The molecule has 1 N–H and O–H groups in total. The molecular formula is C19H18ClN3O2. The quantitative estimate of drug-likeness (QED) is 0.728. The average Bonchev–Trinajstić information content (AvgIpc) is 3.05. The number of nitrogens with zero attached hydrogens (tertiary/aromatic N) is 2. The van der Waals surface area contributed by atoms with Gasteiger partial charge in [-0.05, 0) is 23.3 Å². The Morgan fingerprint density at radius 1 is 1.08 bits per heavy atom. The molecule has 3 rings (SSSR count). The molecule has 1 aromatic heterocycles. The number of hydrogen-bond donors (Lipinski definition) is 1. The molecule has 0 aliphatic carbocycles. The van der Waals surface area contributed by atoms with Gasteiger partial charge in [-0.1, -0.05) is 54.1 Å². The van der Waals surface area contributed by atoms with E-state index in [0.717, 1.165) is 11.1 Å². The summed E-state index contributed by atoms with van der Waals surface area (Å²) in [6.07, 6.45) is 0.318. The number of amides is 1. The maximum atomic E-state index is 12.4. The van der Waals surface area contributed by atoms with Gasteiger partial charge in [0, 0.05) is 24.3 Å². The topological polar surface area (TPSA) is 68.0 Å². The first-order valence-electron chi connectivity index (χ1n) is 7.98. The first-order valence-corrected chi connectivity index (χ1v) is 8.35. The summed E-state index contributed by atoms with van der Waals surface area (Å²) < 4.78 is 5.27. The van der Waals surface area contributed by atoms with Crippen molar-refractivity contribution in [2.24, 2.45) is 0 Å². The third-order valence-corrected chi connectivity index (χ3v) is 4.12. The minimum Gasteiger partial charge on any atom is -0.424 e. The molecule has 0 aliphatic heterocycles. The molecule has 0 aliphatic rings. The van der Waals surface area contributed by atoms with Crippen LogP contribution in [0.2, 0.25) is 5.02 Å². The van der Waals surface area contributed by atoms with Gasteiger partial charge in [-0.15, -0.1) is 10.2 Å². The Labute approximate surface area is 151 Å². The highest BCUT2D eigenvalue weighted by atomic mass is 35.5. The van der Waals surface area contributed by atoms with E-state index in [9.17, 15) is 4.79 Å². The lowest BCUT2D eigenvalue weighted by Crippen LogP contribution is -2.25. The zero-order valence-corrected chi connectivity index (χ0v) is 14.5. The van der Waals surface area contributed by atoms with Gasteiger partial charge >= 0.3 is 0 Å². The summed E-state index contributed by atoms with van der Waals surface area (Å²) in [6.45, 7) is 1.94. The maximum Gasteiger partial charge on any atom is 0.235 e. The highest BCUT2D eigenvalue weighted by molar-refractivity contribution is 6.30. The number of carbonyl (C=O) groups excluding carboxylic acids is 1. The SMILES string of the molecule is Cc1nnc(CNC(=O)C[C@H](c2ccccc2)c2ccc(Cl)cc2)o1. The van der Waals surface area contributed by atoms with Crippen molar-refractivity contribution in [2.45, 2.75) is 25.8 Å². The number of halogens is 1. The fourth-order valence-electron chi connectivity index (χ4n) is 2.65. The Morgan fingerprint density at radius 3 is 2.40 bits per heavy atom. The van der Waals surface area contributed by atoms with Crippen molar-refractivity contribution in [3.8, 4) is 0 Å². The van der Waals surface area contributed by atoms with Gasteiger partial charge in [0.05, 0.1) is 6.54 Å². The summed E-state index contributed by atoms with van der Waals surface area (Å²) >= 11 is 5.99. The fraction of sp³-hybridized carbons (Fsp3) is 0.211. The van der Waals surface area contributed by atoms with Crippen molar-refractivity contribution in [1.29, 1.82) is 0 Å². The molecule has 25 heavy (non-hydrogen) atoms. The van der Waals surface area contributed by atoms with Crippen LogP contribution in [0.15, 0.2) is 59.0 Å². The monoisotopic (exact) mass is 355 g/mol. The lowest BCUT2D eigenvalue weighted by Gasteiger charge is -2.17. The van der Waals surface area contributed by atoms with Crippen molar-refractivity contribution in [2.75, 3.05) is 0 Å². The Morgan fingerprint density at radius 2 is 1.76 bits per heavy atom. The van der Waals surface area contributed by atoms with Crippen LogP contribution in [0.25, 0.3) is 0 Å². The van der Waals surface area contributed by atoms with E-state index in [1.807, 2.05) is 54.6 Å². The Bertz CT molecular complexity index is 831. The molecule has 2 aromatic carbocycles. The summed E-state index contributed by atoms with van der Waals surface area (Å²) in [5, 5.41) is 11.1. The lowest BCUT2D eigenvalue weighted by molar-refractivity contribution is -0.121. The first-order chi connectivity index (χ1) is 12.1. The van der Waals surface area contributed by atoms with Gasteiger partial charge in [-0.25, -0.2) is 0 Å². The number of nitrogens with one attached hydrogen (secondary N) is 1. The molecule has 0 fully saturated rings. The molecule has 0 saturated carbocycles. The van der Waals surface area contributed by atoms with Gasteiger partial charge in [0.2, 0.25) is 17.7 Å². The van der Waals surface area contributed by atoms with Crippen molar-refractivity contribution >= 4 is 17.5 Å². The summed E-state index contributed by atoms with van der Waals surface area (Å²) in [6, 6.07) is 17.5. The number of carbonyl (C=O) groups is 1. The third kappa shape index (κ3) is 4.67. The summed E-state index contributed by atoms with van der Waals surface area (Å²) in [5.41, 5.74) is 2.12. The number of hydrogen-bond acceptors (Lipinski definition) is 4. The number of aromatic nitrogens is 2. The van der Waals surface area contributed by atoms with E-state index in [2.05, 4.69) is 15.5 Å². The minimum absolute atomic E-state index is 0.0529. The second-order valence-corrected chi connectivity index (χ2v) is 6.15. The molecule has 0 saturated heterocycles. The standard InChI is InChI=1S/C19H18ClN3O2/c1-13-22-23-19(25-13)12-21-18(24)11-17(14-5-3-2-4-6-14)15-7-9-16(20)10-8-15/h2-10,17H,11-12H2,1H3,(H,21,24)/t17-/m1/s1. The van der Waals surface area contributed by atoms with Gasteiger partial charge in [-0.2, -0.15) is 0 Å². The van der Waals surface area contributed by atoms with Gasteiger partial charge in [0.1, 0.15) is 0 Å².